The maximum atomic E-state index is 5.99. The first-order valence-electron chi connectivity index (χ1n) is 7.11. The number of nitrogens with zero attached hydrogens (tertiary/aromatic N) is 1. The number of benzene rings is 2. The van der Waals surface area contributed by atoms with Crippen LogP contribution in [0.4, 0.5) is 11.4 Å². The standard InChI is InChI=1S/C18H19N3/c1-12-6-8-14(9-7-12)13(2)21-17-10-11-20-18-15(17)4-3-5-16(18)19/h3-11,13H,19H2,1-2H3,(H,20,21). The Hall–Kier alpha value is -2.55. The summed E-state index contributed by atoms with van der Waals surface area (Å²) in [4.78, 5) is 4.37. The SMILES string of the molecule is Cc1ccc(C(C)Nc2ccnc3c(N)cccc23)cc1. The van der Waals surface area contributed by atoms with Crippen LogP contribution in [0.15, 0.2) is 54.7 Å². The highest BCUT2D eigenvalue weighted by molar-refractivity contribution is 5.97. The van der Waals surface area contributed by atoms with Crippen LogP contribution in [0.25, 0.3) is 10.9 Å². The summed E-state index contributed by atoms with van der Waals surface area (Å²) < 4.78 is 0. The van der Waals surface area contributed by atoms with Crippen molar-refractivity contribution in [3.63, 3.8) is 0 Å². The number of aryl methyl sites for hydroxylation is 1. The monoisotopic (exact) mass is 277 g/mol. The molecule has 3 aromatic rings. The number of hydrogen-bond acceptors (Lipinski definition) is 3. The normalized spacial score (nSPS) is 12.3. The van der Waals surface area contributed by atoms with Crippen LogP contribution in [0, 0.1) is 6.92 Å². The van der Waals surface area contributed by atoms with Gasteiger partial charge in [-0.15, -0.1) is 0 Å². The Labute approximate surface area is 124 Å². The molecule has 2 aromatic carbocycles. The topological polar surface area (TPSA) is 50.9 Å². The van der Waals surface area contributed by atoms with Crippen molar-refractivity contribution >= 4 is 22.3 Å². The first-order chi connectivity index (χ1) is 10.1. The van der Waals surface area contributed by atoms with E-state index in [9.17, 15) is 0 Å². The van der Waals surface area contributed by atoms with E-state index in [1.165, 1.54) is 11.1 Å². The van der Waals surface area contributed by atoms with Crippen LogP contribution in [0.1, 0.15) is 24.1 Å². The van der Waals surface area contributed by atoms with E-state index in [2.05, 4.69) is 48.4 Å². The van der Waals surface area contributed by atoms with Crippen LogP contribution < -0.4 is 11.1 Å². The number of nitrogen functional groups attached to an aromatic ring is 1. The average molecular weight is 277 g/mol. The molecule has 0 aliphatic rings. The highest BCUT2D eigenvalue weighted by Crippen LogP contribution is 2.28. The number of fused-ring (bicyclic) bond motifs is 1. The molecule has 0 saturated carbocycles. The van der Waals surface area contributed by atoms with Crippen LogP contribution in [0.5, 0.6) is 0 Å². The van der Waals surface area contributed by atoms with Crippen molar-refractivity contribution in [1.29, 1.82) is 0 Å². The molecule has 21 heavy (non-hydrogen) atoms. The lowest BCUT2D eigenvalue weighted by Crippen LogP contribution is -2.07. The first-order valence-corrected chi connectivity index (χ1v) is 7.11. The van der Waals surface area contributed by atoms with Gasteiger partial charge >= 0.3 is 0 Å². The van der Waals surface area contributed by atoms with Crippen molar-refractivity contribution in [1.82, 2.24) is 4.98 Å². The van der Waals surface area contributed by atoms with Gasteiger partial charge in [-0.05, 0) is 31.5 Å². The van der Waals surface area contributed by atoms with E-state index < -0.39 is 0 Å². The van der Waals surface area contributed by atoms with E-state index in [-0.39, 0.29) is 6.04 Å². The second-order valence-corrected chi connectivity index (χ2v) is 5.38. The minimum Gasteiger partial charge on any atom is -0.397 e. The first kappa shape index (κ1) is 13.4. The van der Waals surface area contributed by atoms with Gasteiger partial charge in [0.2, 0.25) is 0 Å². The summed E-state index contributed by atoms with van der Waals surface area (Å²) in [5, 5.41) is 4.60. The Morgan fingerprint density at radius 2 is 1.81 bits per heavy atom. The fourth-order valence-electron chi connectivity index (χ4n) is 2.50. The molecule has 0 saturated heterocycles. The van der Waals surface area contributed by atoms with Crippen molar-refractivity contribution in [2.24, 2.45) is 0 Å². The third kappa shape index (κ3) is 2.68. The van der Waals surface area contributed by atoms with Gasteiger partial charge in [0.1, 0.15) is 0 Å². The lowest BCUT2D eigenvalue weighted by Gasteiger charge is -2.17. The molecule has 3 heteroatoms. The largest absolute Gasteiger partial charge is 0.397 e. The van der Waals surface area contributed by atoms with Gasteiger partial charge in [0.15, 0.2) is 0 Å². The fraction of sp³-hybridized carbons (Fsp3) is 0.167. The summed E-state index contributed by atoms with van der Waals surface area (Å²) in [6, 6.07) is 16.7. The molecular weight excluding hydrogens is 258 g/mol. The van der Waals surface area contributed by atoms with Crippen molar-refractivity contribution in [2.45, 2.75) is 19.9 Å². The quantitative estimate of drug-likeness (QED) is 0.702. The summed E-state index contributed by atoms with van der Waals surface area (Å²) in [5.41, 5.74) is 11.1. The summed E-state index contributed by atoms with van der Waals surface area (Å²) in [6.07, 6.45) is 1.79. The van der Waals surface area contributed by atoms with E-state index in [0.29, 0.717) is 5.69 Å². The minimum absolute atomic E-state index is 0.220. The predicted octanol–water partition coefficient (Wildman–Crippen LogP) is 4.30. The number of pyridine rings is 1. The maximum Gasteiger partial charge on any atom is 0.0951 e. The highest BCUT2D eigenvalue weighted by Gasteiger charge is 2.09. The number of anilines is 2. The molecule has 0 bridgehead atoms. The van der Waals surface area contributed by atoms with Gasteiger partial charge in [0.05, 0.1) is 11.2 Å². The van der Waals surface area contributed by atoms with Gasteiger partial charge in [0, 0.05) is 23.3 Å². The number of rotatable bonds is 3. The molecule has 0 fully saturated rings. The summed E-state index contributed by atoms with van der Waals surface area (Å²) in [7, 11) is 0. The van der Waals surface area contributed by atoms with Crippen LogP contribution in [0.2, 0.25) is 0 Å². The van der Waals surface area contributed by atoms with Gasteiger partial charge in [-0.2, -0.15) is 0 Å². The molecular formula is C18H19N3. The van der Waals surface area contributed by atoms with E-state index in [0.717, 1.165) is 16.6 Å². The second-order valence-electron chi connectivity index (χ2n) is 5.38. The van der Waals surface area contributed by atoms with E-state index >= 15 is 0 Å². The van der Waals surface area contributed by atoms with Gasteiger partial charge in [-0.3, -0.25) is 4.98 Å². The fourth-order valence-corrected chi connectivity index (χ4v) is 2.50. The predicted molar refractivity (Wildman–Crippen MR) is 89.4 cm³/mol. The highest BCUT2D eigenvalue weighted by atomic mass is 14.9. The van der Waals surface area contributed by atoms with Crippen LogP contribution in [0.3, 0.4) is 0 Å². The molecule has 106 valence electrons. The van der Waals surface area contributed by atoms with Crippen molar-refractivity contribution in [3.8, 4) is 0 Å². The Morgan fingerprint density at radius 3 is 2.57 bits per heavy atom. The number of aromatic nitrogens is 1. The molecule has 1 aromatic heterocycles. The molecule has 0 radical (unpaired) electrons. The molecule has 0 aliphatic carbocycles. The van der Waals surface area contributed by atoms with Crippen LogP contribution >= 0.6 is 0 Å². The molecule has 0 spiro atoms. The summed E-state index contributed by atoms with van der Waals surface area (Å²) >= 11 is 0. The van der Waals surface area contributed by atoms with Gasteiger partial charge in [0.25, 0.3) is 0 Å². The number of para-hydroxylation sites is 1. The molecule has 0 amide bonds. The van der Waals surface area contributed by atoms with Gasteiger partial charge in [-0.25, -0.2) is 0 Å². The number of hydrogen-bond donors (Lipinski definition) is 2. The van der Waals surface area contributed by atoms with Crippen molar-refractivity contribution in [2.75, 3.05) is 11.1 Å². The molecule has 1 unspecified atom stereocenters. The zero-order chi connectivity index (χ0) is 14.8. The number of nitrogens with two attached hydrogens (primary N) is 1. The molecule has 3 N–H and O–H groups in total. The zero-order valence-electron chi connectivity index (χ0n) is 12.3. The van der Waals surface area contributed by atoms with Gasteiger partial charge in [-0.1, -0.05) is 42.0 Å². The third-order valence-electron chi connectivity index (χ3n) is 3.75. The molecule has 1 heterocycles. The van der Waals surface area contributed by atoms with Crippen molar-refractivity contribution in [3.05, 3.63) is 65.9 Å². The Balaban J connectivity index is 1.94. The molecule has 3 nitrogen and oxygen atoms in total. The molecule has 3 rings (SSSR count). The number of nitrogens with one attached hydrogen (secondary N) is 1. The van der Waals surface area contributed by atoms with Gasteiger partial charge < -0.3 is 11.1 Å². The Morgan fingerprint density at radius 1 is 1.05 bits per heavy atom. The van der Waals surface area contributed by atoms with E-state index in [1.807, 2.05) is 24.3 Å². The molecule has 0 aliphatic heterocycles. The molecule has 1 atom stereocenters. The van der Waals surface area contributed by atoms with E-state index in [4.69, 9.17) is 5.73 Å². The van der Waals surface area contributed by atoms with Crippen molar-refractivity contribution < 1.29 is 0 Å². The average Bonchev–Trinajstić information content (AvgIpc) is 2.49. The van der Waals surface area contributed by atoms with Crippen LogP contribution in [-0.4, -0.2) is 4.98 Å². The smallest absolute Gasteiger partial charge is 0.0951 e. The lowest BCUT2D eigenvalue weighted by molar-refractivity contribution is 0.885. The third-order valence-corrected chi connectivity index (χ3v) is 3.75. The summed E-state index contributed by atoms with van der Waals surface area (Å²) in [6.45, 7) is 4.25. The summed E-state index contributed by atoms with van der Waals surface area (Å²) in [5.74, 6) is 0. The van der Waals surface area contributed by atoms with E-state index in [1.54, 1.807) is 6.20 Å². The second kappa shape index (κ2) is 5.44. The Bertz CT molecular complexity index is 763. The minimum atomic E-state index is 0.220. The Kier molecular flexibility index (Phi) is 3.48. The zero-order valence-corrected chi connectivity index (χ0v) is 12.3. The van der Waals surface area contributed by atoms with Crippen LogP contribution in [-0.2, 0) is 0 Å². The lowest BCUT2D eigenvalue weighted by atomic mass is 10.1. The maximum absolute atomic E-state index is 5.99.